The van der Waals surface area contributed by atoms with Crippen LogP contribution in [-0.4, -0.2) is 52.5 Å². The lowest BCUT2D eigenvalue weighted by Crippen LogP contribution is -2.52. The summed E-state index contributed by atoms with van der Waals surface area (Å²) in [6.45, 7) is 0.467. The summed E-state index contributed by atoms with van der Waals surface area (Å²) in [5.74, 6) is -1.70. The summed E-state index contributed by atoms with van der Waals surface area (Å²) in [4.78, 5) is 36.0. The average molecular weight is 269 g/mol. The van der Waals surface area contributed by atoms with Crippen molar-refractivity contribution < 1.29 is 19.5 Å². The Bertz CT molecular complexity index is 394. The molecule has 0 aromatic heterocycles. The number of carboxylic acids is 1. The van der Waals surface area contributed by atoms with E-state index in [2.05, 4.69) is 5.32 Å². The number of carboxylic acid groups (broad SMARTS) is 1. The Hall–Kier alpha value is -1.63. The number of rotatable bonds is 5. The molecular weight excluding hydrogens is 250 g/mol. The van der Waals surface area contributed by atoms with Gasteiger partial charge >= 0.3 is 5.97 Å². The number of carbonyl (C=O) groups excluding carboxylic acids is 2. The first kappa shape index (κ1) is 13.8. The van der Waals surface area contributed by atoms with E-state index in [4.69, 9.17) is 10.8 Å². The first-order valence-corrected chi connectivity index (χ1v) is 6.57. The van der Waals surface area contributed by atoms with E-state index in [9.17, 15) is 14.4 Å². The summed E-state index contributed by atoms with van der Waals surface area (Å²) in [5.41, 5.74) is 5.57. The van der Waals surface area contributed by atoms with E-state index >= 15 is 0 Å². The van der Waals surface area contributed by atoms with Crippen LogP contribution in [0.2, 0.25) is 0 Å². The Balaban J connectivity index is 1.94. The summed E-state index contributed by atoms with van der Waals surface area (Å²) in [6.07, 6.45) is 2.93. The van der Waals surface area contributed by atoms with Gasteiger partial charge in [0.05, 0.1) is 12.5 Å². The molecule has 106 valence electrons. The van der Waals surface area contributed by atoms with Crippen molar-refractivity contribution in [2.75, 3.05) is 6.54 Å². The van der Waals surface area contributed by atoms with Gasteiger partial charge in [-0.1, -0.05) is 0 Å². The third-order valence-electron chi connectivity index (χ3n) is 3.47. The highest BCUT2D eigenvalue weighted by atomic mass is 16.4. The zero-order valence-corrected chi connectivity index (χ0v) is 10.7. The van der Waals surface area contributed by atoms with Crippen LogP contribution in [0.15, 0.2) is 0 Å². The monoisotopic (exact) mass is 269 g/mol. The van der Waals surface area contributed by atoms with Crippen molar-refractivity contribution in [1.82, 2.24) is 10.2 Å². The van der Waals surface area contributed by atoms with Crippen molar-refractivity contribution in [3.8, 4) is 0 Å². The number of nitrogens with one attached hydrogen (secondary N) is 1. The van der Waals surface area contributed by atoms with Gasteiger partial charge in [0.25, 0.3) is 0 Å². The fourth-order valence-corrected chi connectivity index (χ4v) is 2.32. The molecule has 1 saturated heterocycles. The van der Waals surface area contributed by atoms with Gasteiger partial charge in [-0.3, -0.25) is 14.4 Å². The molecule has 1 heterocycles. The summed E-state index contributed by atoms with van der Waals surface area (Å²) >= 11 is 0. The number of nitrogens with two attached hydrogens (primary N) is 1. The van der Waals surface area contributed by atoms with Gasteiger partial charge in [-0.15, -0.1) is 0 Å². The number of aliphatic carboxylic acids is 1. The molecule has 0 spiro atoms. The molecule has 0 bridgehead atoms. The smallest absolute Gasteiger partial charge is 0.305 e. The predicted octanol–water partition coefficient (Wildman–Crippen LogP) is -0.942. The molecule has 0 aromatic carbocycles. The summed E-state index contributed by atoms with van der Waals surface area (Å²) < 4.78 is 0. The van der Waals surface area contributed by atoms with Crippen LogP contribution in [0, 0.1) is 0 Å². The highest BCUT2D eigenvalue weighted by molar-refractivity contribution is 5.92. The van der Waals surface area contributed by atoms with Crippen LogP contribution in [0.3, 0.4) is 0 Å². The summed E-state index contributed by atoms with van der Waals surface area (Å²) in [5, 5.41) is 11.5. The van der Waals surface area contributed by atoms with Crippen molar-refractivity contribution in [1.29, 1.82) is 0 Å². The van der Waals surface area contributed by atoms with E-state index in [1.54, 1.807) is 0 Å². The van der Waals surface area contributed by atoms with Gasteiger partial charge in [-0.25, -0.2) is 0 Å². The van der Waals surface area contributed by atoms with Gasteiger partial charge in [0.15, 0.2) is 0 Å². The van der Waals surface area contributed by atoms with Crippen LogP contribution in [0.4, 0.5) is 0 Å². The Morgan fingerprint density at radius 2 is 2.00 bits per heavy atom. The molecule has 2 fully saturated rings. The second kappa shape index (κ2) is 5.56. The minimum Gasteiger partial charge on any atom is -0.481 e. The standard InChI is InChI=1S/C12H19N3O4/c13-8(6-10(16)17)12(19)15-5-1-2-9(15)11(18)14-7-3-4-7/h7-9H,1-6,13H2,(H,14,18)(H,16,17). The molecule has 19 heavy (non-hydrogen) atoms. The maximum atomic E-state index is 12.1. The van der Waals surface area contributed by atoms with E-state index in [1.165, 1.54) is 4.90 Å². The van der Waals surface area contributed by atoms with Crippen molar-refractivity contribution in [2.24, 2.45) is 5.73 Å². The van der Waals surface area contributed by atoms with Gasteiger partial charge in [0, 0.05) is 12.6 Å². The highest BCUT2D eigenvalue weighted by Gasteiger charge is 2.38. The Morgan fingerprint density at radius 3 is 2.58 bits per heavy atom. The molecule has 2 aliphatic rings. The summed E-state index contributed by atoms with van der Waals surface area (Å²) in [7, 11) is 0. The minimum absolute atomic E-state index is 0.143. The molecule has 2 unspecified atom stereocenters. The van der Waals surface area contributed by atoms with Crippen LogP contribution in [-0.2, 0) is 14.4 Å². The third kappa shape index (κ3) is 3.44. The number of carbonyl (C=O) groups is 3. The fraction of sp³-hybridized carbons (Fsp3) is 0.750. The topological polar surface area (TPSA) is 113 Å². The number of nitrogens with zero attached hydrogens (tertiary/aromatic N) is 1. The molecule has 0 aromatic rings. The molecule has 2 amide bonds. The predicted molar refractivity (Wildman–Crippen MR) is 66.1 cm³/mol. The Morgan fingerprint density at radius 1 is 1.32 bits per heavy atom. The second-order valence-corrected chi connectivity index (χ2v) is 5.18. The Kier molecular flexibility index (Phi) is 4.04. The van der Waals surface area contributed by atoms with Crippen LogP contribution in [0.5, 0.6) is 0 Å². The van der Waals surface area contributed by atoms with E-state index in [0.717, 1.165) is 19.3 Å². The molecule has 7 heteroatoms. The lowest BCUT2D eigenvalue weighted by molar-refractivity contribution is -0.143. The molecular formula is C12H19N3O4. The fourth-order valence-electron chi connectivity index (χ4n) is 2.32. The number of hydrogen-bond donors (Lipinski definition) is 3. The van der Waals surface area contributed by atoms with Crippen LogP contribution >= 0.6 is 0 Å². The van der Waals surface area contributed by atoms with Crippen molar-refractivity contribution in [2.45, 2.75) is 50.2 Å². The number of amides is 2. The summed E-state index contributed by atoms with van der Waals surface area (Å²) in [6, 6.07) is -1.32. The minimum atomic E-state index is -1.11. The molecule has 0 radical (unpaired) electrons. The van der Waals surface area contributed by atoms with Gasteiger partial charge in [-0.05, 0) is 25.7 Å². The number of hydrogen-bond acceptors (Lipinski definition) is 4. The van der Waals surface area contributed by atoms with Gasteiger partial charge in [0.1, 0.15) is 6.04 Å². The van der Waals surface area contributed by atoms with Gasteiger partial charge in [0.2, 0.25) is 11.8 Å². The van der Waals surface area contributed by atoms with E-state index in [1.807, 2.05) is 0 Å². The molecule has 1 aliphatic heterocycles. The van der Waals surface area contributed by atoms with E-state index in [-0.39, 0.29) is 11.9 Å². The first-order chi connectivity index (χ1) is 8.99. The van der Waals surface area contributed by atoms with Crippen molar-refractivity contribution in [3.63, 3.8) is 0 Å². The van der Waals surface area contributed by atoms with Gasteiger partial charge in [-0.2, -0.15) is 0 Å². The molecule has 4 N–H and O–H groups in total. The van der Waals surface area contributed by atoms with E-state index < -0.39 is 30.4 Å². The first-order valence-electron chi connectivity index (χ1n) is 6.57. The highest BCUT2D eigenvalue weighted by Crippen LogP contribution is 2.22. The maximum Gasteiger partial charge on any atom is 0.305 e. The zero-order valence-electron chi connectivity index (χ0n) is 10.7. The van der Waals surface area contributed by atoms with Crippen molar-refractivity contribution >= 4 is 17.8 Å². The van der Waals surface area contributed by atoms with Crippen molar-refractivity contribution in [3.05, 3.63) is 0 Å². The lowest BCUT2D eigenvalue weighted by Gasteiger charge is -2.26. The second-order valence-electron chi connectivity index (χ2n) is 5.18. The van der Waals surface area contributed by atoms with Crippen LogP contribution < -0.4 is 11.1 Å². The zero-order chi connectivity index (χ0) is 14.0. The Labute approximate surface area is 111 Å². The third-order valence-corrected chi connectivity index (χ3v) is 3.47. The quantitative estimate of drug-likeness (QED) is 0.596. The molecule has 2 atom stereocenters. The van der Waals surface area contributed by atoms with Gasteiger partial charge < -0.3 is 21.1 Å². The maximum absolute atomic E-state index is 12.1. The molecule has 1 saturated carbocycles. The molecule has 1 aliphatic carbocycles. The average Bonchev–Trinajstić information content (AvgIpc) is 3.01. The van der Waals surface area contributed by atoms with E-state index in [0.29, 0.717) is 13.0 Å². The molecule has 7 nitrogen and oxygen atoms in total. The largest absolute Gasteiger partial charge is 0.481 e. The van der Waals surface area contributed by atoms with Crippen LogP contribution in [0.25, 0.3) is 0 Å². The van der Waals surface area contributed by atoms with Crippen LogP contribution in [0.1, 0.15) is 32.1 Å². The number of likely N-dealkylation sites (tertiary alicyclic amines) is 1. The SMILES string of the molecule is NC(CC(=O)O)C(=O)N1CCCC1C(=O)NC1CC1. The molecule has 2 rings (SSSR count). The lowest BCUT2D eigenvalue weighted by atomic mass is 10.1. The normalized spacial score (nSPS) is 24.1.